The SMILES string of the molecule is CCNCCCNc1nnccc1C#N. The molecule has 2 N–H and O–H groups in total. The third kappa shape index (κ3) is 3.92. The lowest BCUT2D eigenvalue weighted by Gasteiger charge is -2.05. The molecule has 0 amide bonds. The molecular formula is C10H15N5. The van der Waals surface area contributed by atoms with Crippen LogP contribution in [0.4, 0.5) is 5.82 Å². The van der Waals surface area contributed by atoms with Crippen molar-refractivity contribution in [1.29, 1.82) is 5.26 Å². The van der Waals surface area contributed by atoms with Crippen molar-refractivity contribution in [3.05, 3.63) is 17.8 Å². The zero-order valence-electron chi connectivity index (χ0n) is 8.82. The van der Waals surface area contributed by atoms with E-state index in [1.165, 1.54) is 6.20 Å². The fourth-order valence-corrected chi connectivity index (χ4v) is 1.15. The summed E-state index contributed by atoms with van der Waals surface area (Å²) >= 11 is 0. The smallest absolute Gasteiger partial charge is 0.166 e. The average molecular weight is 205 g/mol. The molecule has 0 aliphatic heterocycles. The number of nitrogens with zero attached hydrogens (tertiary/aromatic N) is 3. The van der Waals surface area contributed by atoms with Crippen molar-refractivity contribution in [1.82, 2.24) is 15.5 Å². The van der Waals surface area contributed by atoms with Gasteiger partial charge in [-0.2, -0.15) is 10.4 Å². The molecular weight excluding hydrogens is 190 g/mol. The molecule has 0 radical (unpaired) electrons. The van der Waals surface area contributed by atoms with Crippen LogP contribution in [0.3, 0.4) is 0 Å². The molecule has 0 aromatic carbocycles. The quantitative estimate of drug-likeness (QED) is 0.671. The maximum atomic E-state index is 8.79. The first-order chi connectivity index (χ1) is 7.38. The van der Waals surface area contributed by atoms with Gasteiger partial charge in [-0.25, -0.2) is 0 Å². The maximum absolute atomic E-state index is 8.79. The van der Waals surface area contributed by atoms with Gasteiger partial charge in [0.1, 0.15) is 6.07 Å². The Morgan fingerprint density at radius 2 is 2.33 bits per heavy atom. The van der Waals surface area contributed by atoms with Gasteiger partial charge in [-0.05, 0) is 25.6 Å². The van der Waals surface area contributed by atoms with Gasteiger partial charge >= 0.3 is 0 Å². The molecule has 5 heteroatoms. The van der Waals surface area contributed by atoms with E-state index in [9.17, 15) is 0 Å². The molecule has 0 aliphatic carbocycles. The molecule has 1 rings (SSSR count). The molecule has 5 nitrogen and oxygen atoms in total. The van der Waals surface area contributed by atoms with E-state index in [-0.39, 0.29) is 0 Å². The van der Waals surface area contributed by atoms with E-state index in [1.807, 2.05) is 0 Å². The first kappa shape index (κ1) is 11.4. The van der Waals surface area contributed by atoms with Gasteiger partial charge in [0.25, 0.3) is 0 Å². The molecule has 0 saturated heterocycles. The van der Waals surface area contributed by atoms with E-state index in [1.54, 1.807) is 6.07 Å². The number of nitriles is 1. The van der Waals surface area contributed by atoms with Crippen LogP contribution >= 0.6 is 0 Å². The highest BCUT2D eigenvalue weighted by Crippen LogP contribution is 2.07. The first-order valence-corrected chi connectivity index (χ1v) is 5.05. The second kappa shape index (κ2) is 6.74. The number of anilines is 1. The molecule has 1 heterocycles. The maximum Gasteiger partial charge on any atom is 0.166 e. The lowest BCUT2D eigenvalue weighted by Crippen LogP contribution is -2.17. The number of hydrogen-bond acceptors (Lipinski definition) is 5. The summed E-state index contributed by atoms with van der Waals surface area (Å²) in [6.45, 7) is 4.81. The minimum atomic E-state index is 0.536. The van der Waals surface area contributed by atoms with E-state index in [0.717, 1.165) is 26.1 Å². The Morgan fingerprint density at radius 3 is 3.07 bits per heavy atom. The summed E-state index contributed by atoms with van der Waals surface area (Å²) < 4.78 is 0. The summed E-state index contributed by atoms with van der Waals surface area (Å²) in [6.07, 6.45) is 2.51. The van der Waals surface area contributed by atoms with Crippen molar-refractivity contribution in [3.63, 3.8) is 0 Å². The predicted molar refractivity (Wildman–Crippen MR) is 58.4 cm³/mol. The van der Waals surface area contributed by atoms with Gasteiger partial charge in [-0.1, -0.05) is 6.92 Å². The molecule has 0 fully saturated rings. The molecule has 0 aliphatic rings. The van der Waals surface area contributed by atoms with Crippen LogP contribution in [-0.2, 0) is 0 Å². The zero-order chi connectivity index (χ0) is 10.9. The van der Waals surface area contributed by atoms with Crippen LogP contribution in [0.25, 0.3) is 0 Å². The van der Waals surface area contributed by atoms with Crippen molar-refractivity contribution in [2.24, 2.45) is 0 Å². The van der Waals surface area contributed by atoms with Gasteiger partial charge < -0.3 is 10.6 Å². The van der Waals surface area contributed by atoms with E-state index in [0.29, 0.717) is 11.4 Å². The molecule has 1 aromatic heterocycles. The number of rotatable bonds is 6. The highest BCUT2D eigenvalue weighted by atomic mass is 15.2. The Balaban J connectivity index is 2.34. The average Bonchev–Trinajstić information content (AvgIpc) is 2.29. The van der Waals surface area contributed by atoms with Crippen molar-refractivity contribution in [3.8, 4) is 6.07 Å². The third-order valence-corrected chi connectivity index (χ3v) is 1.91. The molecule has 0 unspecified atom stereocenters. The van der Waals surface area contributed by atoms with E-state index in [2.05, 4.69) is 33.8 Å². The summed E-state index contributed by atoms with van der Waals surface area (Å²) in [7, 11) is 0. The summed E-state index contributed by atoms with van der Waals surface area (Å²) in [4.78, 5) is 0. The Labute approximate surface area is 89.5 Å². The van der Waals surface area contributed by atoms with Crippen LogP contribution in [0.5, 0.6) is 0 Å². The van der Waals surface area contributed by atoms with Gasteiger partial charge in [0, 0.05) is 6.54 Å². The second-order valence-electron chi connectivity index (χ2n) is 3.04. The number of hydrogen-bond donors (Lipinski definition) is 2. The van der Waals surface area contributed by atoms with Crippen molar-refractivity contribution < 1.29 is 0 Å². The van der Waals surface area contributed by atoms with Crippen LogP contribution in [0, 0.1) is 11.3 Å². The lowest BCUT2D eigenvalue weighted by atomic mass is 10.3. The Morgan fingerprint density at radius 1 is 1.47 bits per heavy atom. The zero-order valence-corrected chi connectivity index (χ0v) is 8.82. The number of nitrogens with one attached hydrogen (secondary N) is 2. The lowest BCUT2D eigenvalue weighted by molar-refractivity contribution is 0.687. The van der Waals surface area contributed by atoms with Crippen molar-refractivity contribution in [2.75, 3.05) is 25.0 Å². The highest BCUT2D eigenvalue weighted by Gasteiger charge is 2.01. The summed E-state index contributed by atoms with van der Waals surface area (Å²) in [6, 6.07) is 3.72. The van der Waals surface area contributed by atoms with Gasteiger partial charge in [-0.3, -0.25) is 0 Å². The van der Waals surface area contributed by atoms with Crippen LogP contribution in [0.15, 0.2) is 12.3 Å². The Bertz CT molecular complexity index is 331. The third-order valence-electron chi connectivity index (χ3n) is 1.91. The Hall–Kier alpha value is -1.67. The summed E-state index contributed by atoms with van der Waals surface area (Å²) in [5.74, 6) is 0.566. The van der Waals surface area contributed by atoms with Gasteiger partial charge in [0.15, 0.2) is 5.82 Å². The number of aromatic nitrogens is 2. The standard InChI is InChI=1S/C10H15N5/c1-2-12-5-3-6-13-10-9(8-11)4-7-14-15-10/h4,7,12H,2-3,5-6H2,1H3,(H,13,15). The monoisotopic (exact) mass is 205 g/mol. The first-order valence-electron chi connectivity index (χ1n) is 5.05. The predicted octanol–water partition coefficient (Wildman–Crippen LogP) is 0.760. The van der Waals surface area contributed by atoms with E-state index >= 15 is 0 Å². The topological polar surface area (TPSA) is 73.6 Å². The molecule has 1 aromatic rings. The Kier molecular flexibility index (Phi) is 5.12. The summed E-state index contributed by atoms with van der Waals surface area (Å²) in [5, 5.41) is 22.7. The van der Waals surface area contributed by atoms with E-state index in [4.69, 9.17) is 5.26 Å². The van der Waals surface area contributed by atoms with Crippen molar-refractivity contribution in [2.45, 2.75) is 13.3 Å². The van der Waals surface area contributed by atoms with Gasteiger partial charge in [-0.15, -0.1) is 5.10 Å². The second-order valence-corrected chi connectivity index (χ2v) is 3.04. The van der Waals surface area contributed by atoms with E-state index < -0.39 is 0 Å². The molecule has 0 atom stereocenters. The van der Waals surface area contributed by atoms with Crippen LogP contribution in [0.1, 0.15) is 18.9 Å². The molecule has 0 bridgehead atoms. The van der Waals surface area contributed by atoms with Crippen LogP contribution < -0.4 is 10.6 Å². The molecule has 0 spiro atoms. The van der Waals surface area contributed by atoms with Gasteiger partial charge in [0.05, 0.1) is 11.8 Å². The molecule has 15 heavy (non-hydrogen) atoms. The summed E-state index contributed by atoms with van der Waals surface area (Å²) in [5.41, 5.74) is 0.536. The van der Waals surface area contributed by atoms with Crippen LogP contribution in [0.2, 0.25) is 0 Å². The normalized spacial score (nSPS) is 9.60. The fraction of sp³-hybridized carbons (Fsp3) is 0.500. The minimum absolute atomic E-state index is 0.536. The largest absolute Gasteiger partial charge is 0.367 e. The highest BCUT2D eigenvalue weighted by molar-refractivity contribution is 5.49. The minimum Gasteiger partial charge on any atom is -0.367 e. The van der Waals surface area contributed by atoms with Crippen molar-refractivity contribution >= 4 is 5.82 Å². The molecule has 0 saturated carbocycles. The van der Waals surface area contributed by atoms with Gasteiger partial charge in [0.2, 0.25) is 0 Å². The molecule has 80 valence electrons. The fourth-order valence-electron chi connectivity index (χ4n) is 1.15. The van der Waals surface area contributed by atoms with Crippen LogP contribution in [-0.4, -0.2) is 29.8 Å².